The summed E-state index contributed by atoms with van der Waals surface area (Å²) in [6.45, 7) is 5.99. The summed E-state index contributed by atoms with van der Waals surface area (Å²) in [6.07, 6.45) is 2.63. The highest BCUT2D eigenvalue weighted by Crippen LogP contribution is 2.14. The molecule has 0 unspecified atom stereocenters. The summed E-state index contributed by atoms with van der Waals surface area (Å²) >= 11 is 0. The Kier molecular flexibility index (Phi) is 3.96. The van der Waals surface area contributed by atoms with Crippen molar-refractivity contribution < 1.29 is 17.9 Å². The Labute approximate surface area is 96.8 Å². The van der Waals surface area contributed by atoms with Crippen LogP contribution in [0.3, 0.4) is 0 Å². The minimum Gasteiger partial charge on any atom is -0.459 e. The highest BCUT2D eigenvalue weighted by Gasteiger charge is 2.29. The molecule has 0 bridgehead atoms. The van der Waals surface area contributed by atoms with Crippen LogP contribution in [0.4, 0.5) is 0 Å². The van der Waals surface area contributed by atoms with E-state index in [1.807, 2.05) is 6.42 Å². The van der Waals surface area contributed by atoms with Gasteiger partial charge in [0.15, 0.2) is 5.75 Å². The summed E-state index contributed by atoms with van der Waals surface area (Å²) in [7, 11) is -3.50. The summed E-state index contributed by atoms with van der Waals surface area (Å²) in [5, 5.41) is 0. The summed E-state index contributed by atoms with van der Waals surface area (Å²) in [5.41, 5.74) is -0.649. The Morgan fingerprint density at radius 1 is 1.44 bits per heavy atom. The van der Waals surface area contributed by atoms with Gasteiger partial charge in [0.25, 0.3) is 0 Å². The monoisotopic (exact) mass is 248 g/mol. The van der Waals surface area contributed by atoms with Crippen molar-refractivity contribution in [3.8, 4) is 0 Å². The smallest absolute Gasteiger partial charge is 0.323 e. The van der Waals surface area contributed by atoms with Gasteiger partial charge in [-0.05, 0) is 33.6 Å². The number of ether oxygens (including phenoxy) is 1. The predicted molar refractivity (Wildman–Crippen MR) is 60.1 cm³/mol. The van der Waals surface area contributed by atoms with Gasteiger partial charge in [-0.3, -0.25) is 4.79 Å². The summed E-state index contributed by atoms with van der Waals surface area (Å²) in [5.74, 6) is -1.27. The van der Waals surface area contributed by atoms with Gasteiger partial charge in [-0.15, -0.1) is 0 Å². The largest absolute Gasteiger partial charge is 0.459 e. The van der Waals surface area contributed by atoms with Gasteiger partial charge in [0.05, 0.1) is 0 Å². The second-order valence-corrected chi connectivity index (χ2v) is 6.75. The lowest BCUT2D eigenvalue weighted by Crippen LogP contribution is -2.36. The fraction of sp³-hybridized carbons (Fsp3) is 0.800. The van der Waals surface area contributed by atoms with Crippen molar-refractivity contribution in [3.05, 3.63) is 6.42 Å². The molecule has 1 aliphatic rings. The molecule has 93 valence electrons. The van der Waals surface area contributed by atoms with Gasteiger partial charge < -0.3 is 4.74 Å². The van der Waals surface area contributed by atoms with Crippen LogP contribution in [-0.4, -0.2) is 43.1 Å². The van der Waals surface area contributed by atoms with Crippen LogP contribution in [0.25, 0.3) is 0 Å². The molecule has 0 aromatic heterocycles. The van der Waals surface area contributed by atoms with Gasteiger partial charge in [-0.25, -0.2) is 12.7 Å². The normalized spacial score (nSPS) is 18.7. The van der Waals surface area contributed by atoms with E-state index in [-0.39, 0.29) is 0 Å². The zero-order valence-electron chi connectivity index (χ0n) is 9.89. The number of esters is 1. The zero-order chi connectivity index (χ0) is 12.4. The van der Waals surface area contributed by atoms with E-state index >= 15 is 0 Å². The molecule has 6 heteroatoms. The molecule has 0 spiro atoms. The van der Waals surface area contributed by atoms with Crippen LogP contribution < -0.4 is 0 Å². The van der Waals surface area contributed by atoms with Crippen LogP contribution in [0.15, 0.2) is 0 Å². The molecule has 1 rings (SSSR count). The van der Waals surface area contributed by atoms with Crippen molar-refractivity contribution >= 4 is 16.0 Å². The molecule has 0 aromatic rings. The standard InChI is InChI=1S/C10H18NO4S/c1-10(2,3)15-9(12)8-16(13,14)11-6-4-5-7-11/h4H,5-8H2,1-3H3. The Hall–Kier alpha value is -0.620. The summed E-state index contributed by atoms with van der Waals surface area (Å²) in [4.78, 5) is 11.4. The highest BCUT2D eigenvalue weighted by molar-refractivity contribution is 7.89. The quantitative estimate of drug-likeness (QED) is 0.685. The summed E-state index contributed by atoms with van der Waals surface area (Å²) in [6, 6.07) is 0. The third kappa shape index (κ3) is 4.09. The first-order valence-corrected chi connectivity index (χ1v) is 6.83. The molecule has 5 nitrogen and oxygen atoms in total. The molecule has 0 saturated carbocycles. The number of rotatable bonds is 3. The molecule has 1 aliphatic heterocycles. The van der Waals surface area contributed by atoms with Gasteiger partial charge >= 0.3 is 5.97 Å². The third-order valence-electron chi connectivity index (χ3n) is 2.03. The molecule has 1 heterocycles. The fourth-order valence-corrected chi connectivity index (χ4v) is 2.68. The van der Waals surface area contributed by atoms with E-state index in [1.165, 1.54) is 4.31 Å². The molecule has 16 heavy (non-hydrogen) atoms. The molecule has 1 radical (unpaired) electrons. The minimum absolute atomic E-state index is 0.394. The SMILES string of the molecule is CC(C)(C)OC(=O)CS(=O)(=O)N1C[CH]CC1. The number of hydrogen-bond donors (Lipinski definition) is 0. The molecule has 1 saturated heterocycles. The van der Waals surface area contributed by atoms with Gasteiger partial charge in [-0.1, -0.05) is 0 Å². The minimum atomic E-state index is -3.50. The summed E-state index contributed by atoms with van der Waals surface area (Å²) < 4.78 is 29.7. The second-order valence-electron chi connectivity index (χ2n) is 4.78. The second kappa shape index (κ2) is 4.71. The number of sulfonamides is 1. The van der Waals surface area contributed by atoms with Crippen molar-refractivity contribution in [1.82, 2.24) is 4.31 Å². The molecule has 0 N–H and O–H groups in total. The van der Waals surface area contributed by atoms with E-state index in [9.17, 15) is 13.2 Å². The lowest BCUT2D eigenvalue weighted by atomic mass is 10.2. The maximum Gasteiger partial charge on any atom is 0.323 e. The van der Waals surface area contributed by atoms with Crippen LogP contribution in [0, 0.1) is 6.42 Å². The van der Waals surface area contributed by atoms with Crippen molar-refractivity contribution in [2.75, 3.05) is 18.8 Å². The van der Waals surface area contributed by atoms with Crippen LogP contribution in [-0.2, 0) is 19.6 Å². The van der Waals surface area contributed by atoms with E-state index in [2.05, 4.69) is 0 Å². The van der Waals surface area contributed by atoms with E-state index in [4.69, 9.17) is 4.74 Å². The predicted octanol–water partition coefficient (Wildman–Crippen LogP) is 0.568. The lowest BCUT2D eigenvalue weighted by molar-refractivity contribution is -0.151. The molecular weight excluding hydrogens is 230 g/mol. The van der Waals surface area contributed by atoms with E-state index in [0.717, 1.165) is 6.42 Å². The maximum atomic E-state index is 11.7. The first-order chi connectivity index (χ1) is 7.21. The third-order valence-corrected chi connectivity index (χ3v) is 3.75. The molecule has 0 atom stereocenters. The van der Waals surface area contributed by atoms with Crippen molar-refractivity contribution in [3.63, 3.8) is 0 Å². The van der Waals surface area contributed by atoms with Gasteiger partial charge in [0, 0.05) is 13.1 Å². The number of hydrogen-bond acceptors (Lipinski definition) is 4. The molecular formula is C10H18NO4S. The molecule has 0 aliphatic carbocycles. The van der Waals surface area contributed by atoms with Crippen molar-refractivity contribution in [2.45, 2.75) is 32.8 Å². The zero-order valence-corrected chi connectivity index (χ0v) is 10.7. The van der Waals surface area contributed by atoms with Crippen LogP contribution in [0.2, 0.25) is 0 Å². The maximum absolute atomic E-state index is 11.7. The van der Waals surface area contributed by atoms with Gasteiger partial charge in [0.1, 0.15) is 5.60 Å². The van der Waals surface area contributed by atoms with Crippen molar-refractivity contribution in [1.29, 1.82) is 0 Å². The first kappa shape index (κ1) is 13.4. The van der Waals surface area contributed by atoms with Crippen LogP contribution in [0.1, 0.15) is 27.2 Å². The number of nitrogens with zero attached hydrogens (tertiary/aromatic N) is 1. The van der Waals surface area contributed by atoms with Gasteiger partial charge in [-0.2, -0.15) is 0 Å². The van der Waals surface area contributed by atoms with Crippen LogP contribution in [0.5, 0.6) is 0 Å². The average molecular weight is 248 g/mol. The van der Waals surface area contributed by atoms with Crippen LogP contribution >= 0.6 is 0 Å². The van der Waals surface area contributed by atoms with E-state index in [1.54, 1.807) is 20.8 Å². The Morgan fingerprint density at radius 2 is 2.06 bits per heavy atom. The highest BCUT2D eigenvalue weighted by atomic mass is 32.2. The van der Waals surface area contributed by atoms with E-state index < -0.39 is 27.3 Å². The number of carbonyl (C=O) groups excluding carboxylic acids is 1. The Balaban J connectivity index is 2.56. The Bertz CT molecular complexity index is 350. The first-order valence-electron chi connectivity index (χ1n) is 5.22. The molecule has 1 fully saturated rings. The topological polar surface area (TPSA) is 63.7 Å². The number of carbonyl (C=O) groups is 1. The average Bonchev–Trinajstić information content (AvgIpc) is 2.49. The Morgan fingerprint density at radius 3 is 2.50 bits per heavy atom. The fourth-order valence-electron chi connectivity index (χ4n) is 1.43. The molecule has 0 aromatic carbocycles. The lowest BCUT2D eigenvalue weighted by Gasteiger charge is -2.21. The van der Waals surface area contributed by atoms with Crippen molar-refractivity contribution in [2.24, 2.45) is 0 Å². The van der Waals surface area contributed by atoms with Gasteiger partial charge in [0.2, 0.25) is 10.0 Å². The molecule has 0 amide bonds. The van der Waals surface area contributed by atoms with E-state index in [0.29, 0.717) is 13.1 Å².